The van der Waals surface area contributed by atoms with Gasteiger partial charge in [0.1, 0.15) is 29.3 Å². The van der Waals surface area contributed by atoms with Crippen molar-refractivity contribution in [2.45, 2.75) is 19.6 Å². The van der Waals surface area contributed by atoms with Gasteiger partial charge < -0.3 is 9.47 Å². The number of Topliss-reactive ketones (excluding diaryl/α,β-unsaturated/α-hetero) is 1. The number of pyridine rings is 1. The molecule has 160 valence electrons. The number of fused-ring (bicyclic) bond motifs is 1. The third-order valence-electron chi connectivity index (χ3n) is 4.95. The number of carbonyl (C=O) groups excluding carboxylic acids is 1. The number of rotatable bonds is 8. The summed E-state index contributed by atoms with van der Waals surface area (Å²) in [5.41, 5.74) is 0.200. The maximum atomic E-state index is 13.2. The summed E-state index contributed by atoms with van der Waals surface area (Å²) >= 11 is 6.38. The van der Waals surface area contributed by atoms with Gasteiger partial charge in [0.15, 0.2) is 5.78 Å². The van der Waals surface area contributed by atoms with Crippen molar-refractivity contribution in [2.24, 2.45) is 5.92 Å². The van der Waals surface area contributed by atoms with Gasteiger partial charge in [-0.1, -0.05) is 11.6 Å². The Hall–Kier alpha value is -1.68. The first-order valence-electron chi connectivity index (χ1n) is 9.37. The summed E-state index contributed by atoms with van der Waals surface area (Å²) in [5.74, 6) is 0.399. The molecule has 0 bridgehead atoms. The molecule has 3 heterocycles. The van der Waals surface area contributed by atoms with E-state index in [0.29, 0.717) is 48.8 Å². The van der Waals surface area contributed by atoms with Crippen LogP contribution in [0.15, 0.2) is 12.3 Å². The van der Waals surface area contributed by atoms with Crippen LogP contribution < -0.4 is 0 Å². The summed E-state index contributed by atoms with van der Waals surface area (Å²) in [4.78, 5) is 28.4. The topological polar surface area (TPSA) is 96.5 Å². The fourth-order valence-electron chi connectivity index (χ4n) is 3.31. The normalized spacial score (nSPS) is 16.3. The van der Waals surface area contributed by atoms with Gasteiger partial charge in [0.05, 0.1) is 11.5 Å². The smallest absolute Gasteiger partial charge is 0.299 e. The van der Waals surface area contributed by atoms with Crippen LogP contribution in [0.5, 0.6) is 0 Å². The van der Waals surface area contributed by atoms with E-state index in [1.165, 1.54) is 0 Å². The maximum absolute atomic E-state index is 13.2. The average Bonchev–Trinajstić information content (AvgIpc) is 2.99. The number of aromatic nitrogens is 2. The van der Waals surface area contributed by atoms with Gasteiger partial charge in [-0.05, 0) is 37.7 Å². The van der Waals surface area contributed by atoms with E-state index in [1.54, 1.807) is 10.6 Å². The minimum absolute atomic E-state index is 0.0756. The van der Waals surface area contributed by atoms with Crippen LogP contribution in [0.1, 0.15) is 23.2 Å². The molecule has 0 saturated carbocycles. The van der Waals surface area contributed by atoms with Crippen LogP contribution in [-0.2, 0) is 16.2 Å². The highest BCUT2D eigenvalue weighted by Gasteiger charge is 2.32. The highest BCUT2D eigenvalue weighted by molar-refractivity contribution is 8.32. The molecule has 0 aliphatic carbocycles. The number of ether oxygens (including phenoxy) is 2. The van der Waals surface area contributed by atoms with E-state index in [1.807, 2.05) is 0 Å². The Kier molecular flexibility index (Phi) is 6.83. The molecule has 2 aromatic rings. The summed E-state index contributed by atoms with van der Waals surface area (Å²) in [5, 5.41) is 12.3. The molecule has 0 aromatic carbocycles. The van der Waals surface area contributed by atoms with E-state index in [9.17, 15) is 14.9 Å². The zero-order chi connectivity index (χ0) is 21.2. The molecule has 1 aliphatic heterocycles. The summed E-state index contributed by atoms with van der Waals surface area (Å²) in [6.07, 6.45) is 8.87. The molecule has 1 saturated heterocycles. The number of hydrogen-bond acceptors (Lipinski definition) is 6. The molecular formula is C19H26ClN3O5S. The van der Waals surface area contributed by atoms with E-state index in [0.717, 1.165) is 11.9 Å². The van der Waals surface area contributed by atoms with Crippen molar-refractivity contribution in [1.82, 2.24) is 9.55 Å². The van der Waals surface area contributed by atoms with Crippen molar-refractivity contribution in [3.63, 3.8) is 0 Å². The molecule has 0 spiro atoms. The first-order chi connectivity index (χ1) is 13.7. The van der Waals surface area contributed by atoms with Gasteiger partial charge >= 0.3 is 0 Å². The Bertz CT molecular complexity index is 919. The number of ketones is 1. The third-order valence-corrected chi connectivity index (χ3v) is 6.65. The quantitative estimate of drug-likeness (QED) is 0.266. The predicted octanol–water partition coefficient (Wildman–Crippen LogP) is 3.88. The monoisotopic (exact) mass is 443 g/mol. The van der Waals surface area contributed by atoms with Gasteiger partial charge in [0.2, 0.25) is 0 Å². The van der Waals surface area contributed by atoms with Gasteiger partial charge in [-0.15, -0.1) is 0 Å². The largest absolute Gasteiger partial charge is 0.381 e. The lowest BCUT2D eigenvalue weighted by Crippen LogP contribution is -2.24. The lowest BCUT2D eigenvalue weighted by atomic mass is 9.89. The fraction of sp³-hybridized carbons (Fsp3) is 0.579. The fourth-order valence-corrected chi connectivity index (χ4v) is 4.16. The van der Waals surface area contributed by atoms with E-state index in [-0.39, 0.29) is 29.7 Å². The molecule has 1 aliphatic rings. The van der Waals surface area contributed by atoms with Crippen LogP contribution in [0.25, 0.3) is 11.0 Å². The highest BCUT2D eigenvalue weighted by atomic mass is 35.5. The van der Waals surface area contributed by atoms with Crippen LogP contribution in [0.2, 0.25) is 5.15 Å². The van der Waals surface area contributed by atoms with Gasteiger partial charge in [0, 0.05) is 30.3 Å². The van der Waals surface area contributed by atoms with Crippen LogP contribution in [0, 0.1) is 16.0 Å². The molecule has 29 heavy (non-hydrogen) atoms. The lowest BCUT2D eigenvalue weighted by molar-refractivity contribution is -0.385. The van der Waals surface area contributed by atoms with Gasteiger partial charge in [-0.25, -0.2) is 15.0 Å². The lowest BCUT2D eigenvalue weighted by Gasteiger charge is -2.24. The SMILES string of the molecule is CS(C)(C)CCOCn1c(Cl)cc2c(C(=O)C3CCOCC3)c([N+](=O)[O-])cnc21. The Labute approximate surface area is 176 Å². The van der Waals surface area contributed by atoms with Crippen molar-refractivity contribution >= 4 is 44.1 Å². The molecule has 10 heteroatoms. The first kappa shape index (κ1) is 22.0. The van der Waals surface area contributed by atoms with E-state index < -0.39 is 15.0 Å². The van der Waals surface area contributed by atoms with Gasteiger partial charge in [0.25, 0.3) is 5.69 Å². The number of carbonyl (C=O) groups is 1. The Balaban J connectivity index is 1.95. The van der Waals surface area contributed by atoms with Crippen LogP contribution in [0.4, 0.5) is 5.69 Å². The van der Waals surface area contributed by atoms with E-state index in [4.69, 9.17) is 21.1 Å². The van der Waals surface area contributed by atoms with Crippen molar-refractivity contribution in [3.05, 3.63) is 33.1 Å². The molecule has 0 atom stereocenters. The second-order valence-electron chi connectivity index (χ2n) is 7.99. The predicted molar refractivity (Wildman–Crippen MR) is 115 cm³/mol. The summed E-state index contributed by atoms with van der Waals surface area (Å²) in [6.45, 7) is 1.71. The minimum atomic E-state index is -0.676. The van der Waals surface area contributed by atoms with Crippen LogP contribution in [0.3, 0.4) is 0 Å². The summed E-state index contributed by atoms with van der Waals surface area (Å²) in [6, 6.07) is 1.57. The Morgan fingerprint density at radius 1 is 1.41 bits per heavy atom. The first-order valence-corrected chi connectivity index (χ1v) is 12.8. The average molecular weight is 444 g/mol. The number of hydrogen-bond donors (Lipinski definition) is 0. The van der Waals surface area contributed by atoms with Crippen LogP contribution in [-0.4, -0.2) is 64.6 Å². The zero-order valence-electron chi connectivity index (χ0n) is 16.9. The second-order valence-corrected chi connectivity index (χ2v) is 13.0. The highest BCUT2D eigenvalue weighted by Crippen LogP contribution is 2.35. The second kappa shape index (κ2) is 8.99. The van der Waals surface area contributed by atoms with E-state index >= 15 is 0 Å². The minimum Gasteiger partial charge on any atom is -0.381 e. The molecule has 8 nitrogen and oxygen atoms in total. The van der Waals surface area contributed by atoms with Crippen molar-refractivity contribution in [1.29, 1.82) is 0 Å². The molecule has 0 N–H and O–H groups in total. The van der Waals surface area contributed by atoms with E-state index in [2.05, 4.69) is 23.8 Å². The number of halogens is 1. The molecule has 1 fully saturated rings. The number of nitrogens with zero attached hydrogens (tertiary/aromatic N) is 3. The standard InChI is InChI=1S/C19H26ClN3O5S/c1-29(2,3)9-8-28-12-22-16(20)10-14-17(15(23(25)26)11-21-19(14)22)18(24)13-4-6-27-7-5-13/h10-11,13H,4-9,12H2,1-3H3. The maximum Gasteiger partial charge on any atom is 0.299 e. The van der Waals surface area contributed by atoms with Crippen molar-refractivity contribution in [2.75, 3.05) is 44.3 Å². The Morgan fingerprint density at radius 3 is 2.72 bits per heavy atom. The summed E-state index contributed by atoms with van der Waals surface area (Å²) < 4.78 is 12.7. The van der Waals surface area contributed by atoms with Crippen molar-refractivity contribution in [3.8, 4) is 0 Å². The molecule has 2 aromatic heterocycles. The number of nitro groups is 1. The van der Waals surface area contributed by atoms with Crippen LogP contribution >= 0.6 is 21.6 Å². The van der Waals surface area contributed by atoms with Crippen molar-refractivity contribution < 1.29 is 19.2 Å². The molecular weight excluding hydrogens is 418 g/mol. The molecule has 0 amide bonds. The van der Waals surface area contributed by atoms with Gasteiger partial charge in [-0.3, -0.25) is 19.5 Å². The third kappa shape index (κ3) is 5.09. The van der Waals surface area contributed by atoms with Gasteiger partial charge in [-0.2, -0.15) is 0 Å². The molecule has 0 radical (unpaired) electrons. The zero-order valence-corrected chi connectivity index (χ0v) is 18.4. The summed E-state index contributed by atoms with van der Waals surface area (Å²) in [7, 11) is -0.676. The molecule has 3 rings (SSSR count). The molecule has 0 unspecified atom stereocenters. The Morgan fingerprint density at radius 2 is 2.10 bits per heavy atom.